The van der Waals surface area contributed by atoms with Crippen molar-refractivity contribution in [3.05, 3.63) is 41.0 Å². The van der Waals surface area contributed by atoms with Gasteiger partial charge in [0.05, 0.1) is 0 Å². The Labute approximate surface area is 132 Å². The lowest BCUT2D eigenvalue weighted by Gasteiger charge is -2.45. The van der Waals surface area contributed by atoms with Gasteiger partial charge in [-0.1, -0.05) is 24.6 Å². The van der Waals surface area contributed by atoms with Crippen LogP contribution in [0.2, 0.25) is 0 Å². The number of hydrogen-bond acceptors (Lipinski definition) is 3. The van der Waals surface area contributed by atoms with Crippen LogP contribution in [0, 0.1) is 5.41 Å². The van der Waals surface area contributed by atoms with Gasteiger partial charge in [-0.3, -0.25) is 0 Å². The number of phenols is 1. The minimum absolute atomic E-state index is 0.131. The van der Waals surface area contributed by atoms with E-state index in [9.17, 15) is 10.2 Å². The summed E-state index contributed by atoms with van der Waals surface area (Å²) in [6.07, 6.45) is 7.40. The largest absolute Gasteiger partial charge is 0.508 e. The molecule has 1 fully saturated rings. The maximum Gasteiger partial charge on any atom is 0.169 e. The minimum Gasteiger partial charge on any atom is -0.508 e. The second-order valence-electron chi connectivity index (χ2n) is 6.75. The summed E-state index contributed by atoms with van der Waals surface area (Å²) in [5, 5.41) is 20.4. The molecule has 0 aromatic heterocycles. The molecule has 0 radical (unpaired) electrons. The van der Waals surface area contributed by atoms with Crippen molar-refractivity contribution in [2.45, 2.75) is 58.2 Å². The molecule has 1 aromatic rings. The van der Waals surface area contributed by atoms with Gasteiger partial charge < -0.3 is 14.9 Å². The third kappa shape index (κ3) is 2.68. The highest BCUT2D eigenvalue weighted by atomic mass is 16.6. The molecule has 22 heavy (non-hydrogen) atoms. The zero-order chi connectivity index (χ0) is 15.8. The van der Waals surface area contributed by atoms with Crippen molar-refractivity contribution >= 4 is 0 Å². The lowest BCUT2D eigenvalue weighted by Crippen LogP contribution is -2.43. The molecular formula is C19H26O3. The second-order valence-corrected chi connectivity index (χ2v) is 6.75. The van der Waals surface area contributed by atoms with Crippen LogP contribution >= 0.6 is 0 Å². The standard InChI is InChI=1S/C19H26O3/c1-3-18-9-10-19(21,22-4-2)13-16(18)7-5-14-11-17(20)8-6-15(14)12-18/h6-8,11,20-21H,3-5,9-10,12-13H2,1-2H3. The molecule has 1 aromatic carbocycles. The summed E-state index contributed by atoms with van der Waals surface area (Å²) in [5.41, 5.74) is 3.99. The third-order valence-electron chi connectivity index (χ3n) is 5.52. The molecule has 120 valence electrons. The van der Waals surface area contributed by atoms with Crippen molar-refractivity contribution in [1.29, 1.82) is 0 Å². The number of allylic oxidation sites excluding steroid dienone is 1. The first-order valence-electron chi connectivity index (χ1n) is 8.37. The number of phenolic OH excluding ortho intramolecular Hbond substituents is 1. The van der Waals surface area contributed by atoms with Crippen LogP contribution in [-0.2, 0) is 17.6 Å². The molecule has 0 spiro atoms. The molecule has 2 atom stereocenters. The van der Waals surface area contributed by atoms with E-state index in [0.29, 0.717) is 25.2 Å². The van der Waals surface area contributed by atoms with Crippen molar-refractivity contribution < 1.29 is 14.9 Å². The highest BCUT2D eigenvalue weighted by molar-refractivity contribution is 5.41. The number of aromatic hydroxyl groups is 1. The summed E-state index contributed by atoms with van der Waals surface area (Å²) in [7, 11) is 0. The normalized spacial score (nSPS) is 31.0. The van der Waals surface area contributed by atoms with Gasteiger partial charge >= 0.3 is 0 Å². The molecular weight excluding hydrogens is 276 g/mol. The maximum absolute atomic E-state index is 10.7. The van der Waals surface area contributed by atoms with Crippen molar-refractivity contribution in [1.82, 2.24) is 0 Å². The first-order valence-corrected chi connectivity index (χ1v) is 8.37. The van der Waals surface area contributed by atoms with E-state index < -0.39 is 5.79 Å². The van der Waals surface area contributed by atoms with Gasteiger partial charge in [0.25, 0.3) is 0 Å². The zero-order valence-corrected chi connectivity index (χ0v) is 13.6. The Kier molecular flexibility index (Phi) is 4.04. The Morgan fingerprint density at radius 2 is 1.95 bits per heavy atom. The van der Waals surface area contributed by atoms with Crippen LogP contribution < -0.4 is 0 Å². The van der Waals surface area contributed by atoms with E-state index in [4.69, 9.17) is 4.74 Å². The van der Waals surface area contributed by atoms with E-state index >= 15 is 0 Å². The van der Waals surface area contributed by atoms with E-state index in [2.05, 4.69) is 19.1 Å². The summed E-state index contributed by atoms with van der Waals surface area (Å²) in [6, 6.07) is 5.72. The molecule has 0 bridgehead atoms. The Balaban J connectivity index is 1.96. The van der Waals surface area contributed by atoms with Crippen LogP contribution in [0.3, 0.4) is 0 Å². The number of hydrogen-bond donors (Lipinski definition) is 2. The van der Waals surface area contributed by atoms with Crippen molar-refractivity contribution in [2.75, 3.05) is 6.61 Å². The van der Waals surface area contributed by atoms with Crippen LogP contribution in [0.1, 0.15) is 50.7 Å². The maximum atomic E-state index is 10.7. The summed E-state index contributed by atoms with van der Waals surface area (Å²) in [5.74, 6) is -0.670. The van der Waals surface area contributed by atoms with Gasteiger partial charge in [0.1, 0.15) is 5.75 Å². The quantitative estimate of drug-likeness (QED) is 0.661. The smallest absolute Gasteiger partial charge is 0.169 e. The van der Waals surface area contributed by atoms with Crippen LogP contribution in [0.15, 0.2) is 29.8 Å². The number of rotatable bonds is 3. The zero-order valence-electron chi connectivity index (χ0n) is 13.6. The Morgan fingerprint density at radius 3 is 2.68 bits per heavy atom. The van der Waals surface area contributed by atoms with Gasteiger partial charge in [0.15, 0.2) is 5.79 Å². The van der Waals surface area contributed by atoms with Gasteiger partial charge in [-0.25, -0.2) is 0 Å². The molecule has 0 heterocycles. The van der Waals surface area contributed by atoms with Gasteiger partial charge in [-0.05, 0) is 61.3 Å². The second kappa shape index (κ2) is 5.71. The molecule has 0 saturated heterocycles. The molecule has 1 saturated carbocycles. The first kappa shape index (κ1) is 15.6. The molecule has 3 nitrogen and oxygen atoms in total. The summed E-state index contributed by atoms with van der Waals surface area (Å²) in [4.78, 5) is 0. The van der Waals surface area contributed by atoms with Crippen LogP contribution in [-0.4, -0.2) is 22.6 Å². The third-order valence-corrected chi connectivity index (χ3v) is 5.52. The molecule has 2 unspecified atom stereocenters. The minimum atomic E-state index is -1.00. The lowest BCUT2D eigenvalue weighted by molar-refractivity contribution is -0.217. The predicted octanol–water partition coefficient (Wildman–Crippen LogP) is 3.72. The molecule has 0 amide bonds. The number of benzene rings is 1. The van der Waals surface area contributed by atoms with Gasteiger partial charge in [0, 0.05) is 19.4 Å². The number of ether oxygens (including phenoxy) is 1. The van der Waals surface area contributed by atoms with E-state index in [1.807, 2.05) is 13.0 Å². The fraction of sp³-hybridized carbons (Fsp3) is 0.579. The molecule has 3 rings (SSSR count). The van der Waals surface area contributed by atoms with Gasteiger partial charge in [-0.15, -0.1) is 0 Å². The van der Waals surface area contributed by atoms with Crippen LogP contribution in [0.5, 0.6) is 5.75 Å². The van der Waals surface area contributed by atoms with Gasteiger partial charge in [-0.2, -0.15) is 0 Å². The Morgan fingerprint density at radius 1 is 1.14 bits per heavy atom. The van der Waals surface area contributed by atoms with E-state index in [1.165, 1.54) is 16.7 Å². The number of fused-ring (bicyclic) bond motifs is 2. The first-order chi connectivity index (χ1) is 10.5. The summed E-state index contributed by atoms with van der Waals surface area (Å²) in [6.45, 7) is 4.71. The summed E-state index contributed by atoms with van der Waals surface area (Å²) >= 11 is 0. The Bertz CT molecular complexity index is 592. The topological polar surface area (TPSA) is 49.7 Å². The van der Waals surface area contributed by atoms with Crippen molar-refractivity contribution in [3.8, 4) is 5.75 Å². The highest BCUT2D eigenvalue weighted by Gasteiger charge is 2.45. The van der Waals surface area contributed by atoms with E-state index in [1.54, 1.807) is 6.07 Å². The number of aliphatic hydroxyl groups is 1. The van der Waals surface area contributed by atoms with E-state index in [0.717, 1.165) is 25.7 Å². The van der Waals surface area contributed by atoms with E-state index in [-0.39, 0.29) is 5.41 Å². The highest BCUT2D eigenvalue weighted by Crippen LogP contribution is 2.51. The van der Waals surface area contributed by atoms with Crippen molar-refractivity contribution in [3.63, 3.8) is 0 Å². The molecule has 3 heteroatoms. The average Bonchev–Trinajstić information content (AvgIpc) is 2.64. The molecule has 2 N–H and O–H groups in total. The molecule has 2 aliphatic carbocycles. The summed E-state index contributed by atoms with van der Waals surface area (Å²) < 4.78 is 5.62. The molecule has 0 aliphatic heterocycles. The SMILES string of the molecule is CCOC1(O)CCC2(CC)Cc3ccc(O)cc3CC=C2C1. The van der Waals surface area contributed by atoms with Crippen LogP contribution in [0.25, 0.3) is 0 Å². The lowest BCUT2D eigenvalue weighted by atomic mass is 9.64. The fourth-order valence-corrected chi connectivity index (χ4v) is 4.15. The predicted molar refractivity (Wildman–Crippen MR) is 86.7 cm³/mol. The van der Waals surface area contributed by atoms with Crippen LogP contribution in [0.4, 0.5) is 0 Å². The monoisotopic (exact) mass is 302 g/mol. The fourth-order valence-electron chi connectivity index (χ4n) is 4.15. The van der Waals surface area contributed by atoms with Gasteiger partial charge in [0.2, 0.25) is 0 Å². The van der Waals surface area contributed by atoms with Crippen molar-refractivity contribution in [2.24, 2.45) is 5.41 Å². The average molecular weight is 302 g/mol. The molecule has 2 aliphatic rings. The Hall–Kier alpha value is -1.32.